The van der Waals surface area contributed by atoms with Gasteiger partial charge in [0, 0.05) is 55.6 Å². The van der Waals surface area contributed by atoms with Crippen LogP contribution in [0, 0.1) is 23.2 Å². The lowest BCUT2D eigenvalue weighted by atomic mass is 9.91. The molecule has 23 nitrogen and oxygen atoms in total. The van der Waals surface area contributed by atoms with E-state index in [4.69, 9.17) is 69.0 Å². The van der Waals surface area contributed by atoms with Crippen LogP contribution in [0.25, 0.3) is 0 Å². The maximum absolute atomic E-state index is 11.7. The van der Waals surface area contributed by atoms with Gasteiger partial charge in [0.25, 0.3) is 6.47 Å². The summed E-state index contributed by atoms with van der Waals surface area (Å²) in [6, 6.07) is -1.80. The molecule has 16 N–H and O–H groups in total. The van der Waals surface area contributed by atoms with Crippen molar-refractivity contribution < 1.29 is 57.9 Å². The maximum Gasteiger partial charge on any atom is 0.333 e. The van der Waals surface area contributed by atoms with Crippen molar-refractivity contribution in [2.24, 2.45) is 62.1 Å². The first kappa shape index (κ1) is 53.8. The second kappa shape index (κ2) is 27.1. The molecule has 3 aliphatic heterocycles. The van der Waals surface area contributed by atoms with Crippen LogP contribution in [0.2, 0.25) is 0 Å². The number of ether oxygens (including phenoxy) is 4. The molecule has 3 aliphatic carbocycles. The Labute approximate surface area is 398 Å². The maximum atomic E-state index is 11.7. The summed E-state index contributed by atoms with van der Waals surface area (Å²) in [5.41, 5.74) is 34.8. The van der Waals surface area contributed by atoms with Gasteiger partial charge in [0.15, 0.2) is 18.1 Å². The SMILES string of the molecule is N=C(N)N(CCC[C@@H](N)C(=O)O)C1=CC(=O)OC2C=CC=CC12.NC(CCCC[C@H](N)C(=O)O)=NC1=CC(=O)OC2C=CC=CC12.NC(N)=NCCC[C@H](NC1=CC(=O)OC2C=CC=CC12)OC=O. The van der Waals surface area contributed by atoms with E-state index in [1.54, 1.807) is 12.2 Å². The van der Waals surface area contributed by atoms with Gasteiger partial charge >= 0.3 is 29.8 Å². The first-order valence-electron chi connectivity index (χ1n) is 22.1. The van der Waals surface area contributed by atoms with Crippen molar-refractivity contribution in [1.29, 1.82) is 5.41 Å². The number of carboxylic acid groups (broad SMARTS) is 2. The van der Waals surface area contributed by atoms with Crippen LogP contribution in [0.1, 0.15) is 51.4 Å². The van der Waals surface area contributed by atoms with Crippen LogP contribution < -0.4 is 39.7 Å². The second-order valence-electron chi connectivity index (χ2n) is 16.1. The first-order chi connectivity index (χ1) is 33.0. The molecular formula is C46H61N11O12. The van der Waals surface area contributed by atoms with Crippen LogP contribution >= 0.6 is 0 Å². The zero-order valence-electron chi connectivity index (χ0n) is 37.8. The third kappa shape index (κ3) is 17.4. The molecule has 0 amide bonds. The number of carboxylic acids is 2. The standard InChI is InChI=1S/C16H21N3O4.2C15H20N4O4/c17-11(16(21)22)6-2-4-8-14(18)19-12-9-15(20)23-13-7-3-1-5-10(12)13;16-10(14(21)22)5-3-7-19(15(17)18)11-8-13(20)23-12-6-2-1-4-9(11)12;16-15(17)18-7-3-6-13(22-9-20)19-11-8-14(21)23-12-5-2-1-4-10(11)12/h1,3,5,7,9-11,13H,2,4,6,8,17H2,(H2,18,19)(H,21,22);1-2,4,6,8-10,12H,3,5,7,16H2,(H3,17,18)(H,21,22);1-2,4-5,8-10,12-13,19H,3,6-7H2,(H4,16,17,18)/t10?,11-,13?;9?,10-,12?;10?,12?,13-/m011/s1. The Morgan fingerprint density at radius 2 is 1.25 bits per heavy atom. The molecule has 372 valence electrons. The fourth-order valence-corrected chi connectivity index (χ4v) is 7.49. The van der Waals surface area contributed by atoms with Gasteiger partial charge in [-0.3, -0.25) is 24.8 Å². The Hall–Kier alpha value is -7.79. The van der Waals surface area contributed by atoms with Crippen LogP contribution in [-0.4, -0.2) is 119 Å². The predicted molar refractivity (Wildman–Crippen MR) is 252 cm³/mol. The van der Waals surface area contributed by atoms with Gasteiger partial charge in [0.2, 0.25) is 0 Å². The third-order valence-electron chi connectivity index (χ3n) is 10.9. The van der Waals surface area contributed by atoms with E-state index in [-0.39, 0.29) is 48.3 Å². The minimum atomic E-state index is -1.07. The van der Waals surface area contributed by atoms with Crippen LogP contribution in [-0.2, 0) is 47.7 Å². The predicted octanol–water partition coefficient (Wildman–Crippen LogP) is 0.473. The molecule has 3 heterocycles. The average molecular weight is 960 g/mol. The number of rotatable bonds is 21. The second-order valence-corrected chi connectivity index (χ2v) is 16.1. The van der Waals surface area contributed by atoms with Crippen LogP contribution in [0.5, 0.6) is 0 Å². The van der Waals surface area contributed by atoms with Gasteiger partial charge in [0.05, 0.1) is 29.3 Å². The number of hydrogen-bond acceptors (Lipinski definition) is 16. The van der Waals surface area contributed by atoms with Gasteiger partial charge in [-0.15, -0.1) is 0 Å². The highest BCUT2D eigenvalue weighted by atomic mass is 16.6. The summed E-state index contributed by atoms with van der Waals surface area (Å²) >= 11 is 0. The number of nitrogens with one attached hydrogen (secondary N) is 2. The number of amidine groups is 1. The average Bonchev–Trinajstić information content (AvgIpc) is 3.30. The van der Waals surface area contributed by atoms with E-state index in [0.29, 0.717) is 87.4 Å². The Balaban J connectivity index is 0.000000225. The van der Waals surface area contributed by atoms with Crippen LogP contribution in [0.15, 0.2) is 118 Å². The molecule has 0 aromatic carbocycles. The van der Waals surface area contributed by atoms with Crippen molar-refractivity contribution in [3.05, 3.63) is 108 Å². The van der Waals surface area contributed by atoms with E-state index >= 15 is 0 Å². The molecule has 0 aromatic heterocycles. The van der Waals surface area contributed by atoms with E-state index in [2.05, 4.69) is 15.3 Å². The highest BCUT2D eigenvalue weighted by molar-refractivity contribution is 5.88. The topological polar surface area (TPSA) is 400 Å². The Morgan fingerprint density at radius 3 is 1.83 bits per heavy atom. The molecule has 69 heavy (non-hydrogen) atoms. The van der Waals surface area contributed by atoms with Gasteiger partial charge in [-0.2, -0.15) is 0 Å². The number of hydrogen-bond donors (Lipinski definition) is 10. The number of carbonyl (C=O) groups is 6. The van der Waals surface area contributed by atoms with E-state index in [1.807, 2.05) is 60.8 Å². The molecule has 6 unspecified atom stereocenters. The van der Waals surface area contributed by atoms with Gasteiger partial charge < -0.3 is 73.8 Å². The molecule has 6 aliphatic rings. The van der Waals surface area contributed by atoms with Crippen LogP contribution in [0.3, 0.4) is 0 Å². The fraction of sp³-hybridized carbons (Fsp3) is 0.413. The van der Waals surface area contributed by atoms with Crippen molar-refractivity contribution >= 4 is 54.1 Å². The van der Waals surface area contributed by atoms with E-state index in [1.165, 1.54) is 23.1 Å². The molecule has 0 saturated heterocycles. The molecule has 0 fully saturated rings. The Morgan fingerprint density at radius 1 is 0.725 bits per heavy atom. The number of esters is 3. The fourth-order valence-electron chi connectivity index (χ4n) is 7.49. The van der Waals surface area contributed by atoms with Crippen LogP contribution in [0.4, 0.5) is 0 Å². The quantitative estimate of drug-likeness (QED) is 0.0142. The van der Waals surface area contributed by atoms with Crippen molar-refractivity contribution in [2.45, 2.75) is 88.0 Å². The summed E-state index contributed by atoms with van der Waals surface area (Å²) in [6.07, 6.45) is 28.6. The zero-order valence-corrected chi connectivity index (χ0v) is 37.8. The summed E-state index contributed by atoms with van der Waals surface area (Å²) in [4.78, 5) is 76.7. The highest BCUT2D eigenvalue weighted by Gasteiger charge is 2.35. The number of allylic oxidation sites excluding steroid dienone is 6. The molecule has 0 radical (unpaired) electrons. The number of guanidine groups is 2. The number of aliphatic carboxylic acids is 2. The lowest BCUT2D eigenvalue weighted by Gasteiger charge is -2.36. The highest BCUT2D eigenvalue weighted by Crippen LogP contribution is 2.32. The van der Waals surface area contributed by atoms with E-state index in [9.17, 15) is 28.8 Å². The molecule has 0 aromatic rings. The number of aliphatic imine (C=N–C) groups is 2. The Bertz CT molecular complexity index is 2240. The molecular weight excluding hydrogens is 899 g/mol. The van der Waals surface area contributed by atoms with Crippen molar-refractivity contribution in [2.75, 3.05) is 13.1 Å². The monoisotopic (exact) mass is 959 g/mol. The van der Waals surface area contributed by atoms with E-state index < -0.39 is 54.3 Å². The number of carbonyl (C=O) groups excluding carboxylic acids is 4. The molecule has 23 heteroatoms. The van der Waals surface area contributed by atoms with Gasteiger partial charge in [-0.25, -0.2) is 19.4 Å². The summed E-state index contributed by atoms with van der Waals surface area (Å²) in [5.74, 6) is -3.64. The molecule has 6 rings (SSSR count). The summed E-state index contributed by atoms with van der Waals surface area (Å²) in [7, 11) is 0. The minimum Gasteiger partial charge on any atom is -0.480 e. The number of nitrogens with zero attached hydrogens (tertiary/aromatic N) is 3. The smallest absolute Gasteiger partial charge is 0.333 e. The minimum absolute atomic E-state index is 0.0190. The number of unbranched alkanes of at least 4 members (excludes halogenated alkanes) is 1. The zero-order chi connectivity index (χ0) is 50.5. The molecule has 0 saturated carbocycles. The lowest BCUT2D eigenvalue weighted by molar-refractivity contribution is -0.145. The lowest BCUT2D eigenvalue weighted by Crippen LogP contribution is -2.44. The summed E-state index contributed by atoms with van der Waals surface area (Å²) in [6.45, 7) is 1.10. The van der Waals surface area contributed by atoms with Gasteiger partial charge in [0.1, 0.15) is 30.4 Å². The third-order valence-corrected chi connectivity index (χ3v) is 10.9. The molecule has 9 atom stereocenters. The number of nitrogens with two attached hydrogens (primary N) is 6. The van der Waals surface area contributed by atoms with E-state index in [0.717, 1.165) is 0 Å². The number of fused-ring (bicyclic) bond motifs is 3. The Kier molecular flexibility index (Phi) is 21.2. The molecule has 0 bridgehead atoms. The first-order valence-corrected chi connectivity index (χ1v) is 22.1. The normalized spacial score (nSPS) is 23.8. The van der Waals surface area contributed by atoms with Gasteiger partial charge in [-0.1, -0.05) is 61.1 Å². The van der Waals surface area contributed by atoms with Crippen molar-refractivity contribution in [3.63, 3.8) is 0 Å². The largest absolute Gasteiger partial charge is 0.480 e. The summed E-state index contributed by atoms with van der Waals surface area (Å²) < 4.78 is 20.7. The van der Waals surface area contributed by atoms with Crippen molar-refractivity contribution in [3.8, 4) is 0 Å². The van der Waals surface area contributed by atoms with Gasteiger partial charge in [-0.05, 0) is 50.3 Å². The summed E-state index contributed by atoms with van der Waals surface area (Å²) in [5, 5.41) is 28.3. The molecule has 0 spiro atoms. The van der Waals surface area contributed by atoms with Crippen molar-refractivity contribution in [1.82, 2.24) is 10.2 Å².